The monoisotopic (exact) mass is 227 g/mol. The average molecular weight is 227 g/mol. The predicted molar refractivity (Wildman–Crippen MR) is 60.5 cm³/mol. The van der Waals surface area contributed by atoms with E-state index < -0.39 is 5.60 Å². The van der Waals surface area contributed by atoms with E-state index in [0.717, 1.165) is 19.3 Å². The lowest BCUT2D eigenvalue weighted by Crippen LogP contribution is -2.25. The van der Waals surface area contributed by atoms with Gasteiger partial charge in [0.1, 0.15) is 5.60 Å². The molecule has 1 rings (SSSR count). The van der Waals surface area contributed by atoms with Gasteiger partial charge in [-0.25, -0.2) is 0 Å². The van der Waals surface area contributed by atoms with Crippen molar-refractivity contribution in [2.24, 2.45) is 17.6 Å². The summed E-state index contributed by atoms with van der Waals surface area (Å²) < 4.78 is 5.24. The van der Waals surface area contributed by atoms with Crippen molar-refractivity contribution < 1.29 is 14.3 Å². The molecule has 2 N–H and O–H groups in total. The van der Waals surface area contributed by atoms with Gasteiger partial charge >= 0.3 is 5.97 Å². The van der Waals surface area contributed by atoms with Crippen molar-refractivity contribution in [1.29, 1.82) is 0 Å². The molecule has 0 radical (unpaired) electrons. The van der Waals surface area contributed by atoms with Gasteiger partial charge in [-0.05, 0) is 46.0 Å². The van der Waals surface area contributed by atoms with Crippen LogP contribution in [0.15, 0.2) is 0 Å². The summed E-state index contributed by atoms with van der Waals surface area (Å²) >= 11 is 0. The molecule has 0 unspecified atom stereocenters. The molecule has 1 aliphatic carbocycles. The summed E-state index contributed by atoms with van der Waals surface area (Å²) in [5, 5.41) is 0. The fourth-order valence-corrected chi connectivity index (χ4v) is 2.14. The summed E-state index contributed by atoms with van der Waals surface area (Å²) in [5.74, 6) is -0.214. The van der Waals surface area contributed by atoms with Gasteiger partial charge in [-0.2, -0.15) is 0 Å². The maximum atomic E-state index is 11.6. The minimum absolute atomic E-state index is 0.0487. The Morgan fingerprint density at radius 1 is 1.31 bits per heavy atom. The molecular weight excluding hydrogens is 206 g/mol. The highest BCUT2D eigenvalue weighted by atomic mass is 16.6. The first-order valence-electron chi connectivity index (χ1n) is 5.79. The molecule has 0 spiro atoms. The molecule has 0 bridgehead atoms. The van der Waals surface area contributed by atoms with Crippen LogP contribution >= 0.6 is 0 Å². The maximum Gasteiger partial charge on any atom is 0.306 e. The lowest BCUT2D eigenvalue weighted by molar-refractivity contribution is -0.156. The Morgan fingerprint density at radius 3 is 2.38 bits per heavy atom. The fourth-order valence-electron chi connectivity index (χ4n) is 2.14. The van der Waals surface area contributed by atoms with E-state index in [9.17, 15) is 9.59 Å². The van der Waals surface area contributed by atoms with Gasteiger partial charge in [0, 0.05) is 12.3 Å². The molecular formula is C12H21NO3. The van der Waals surface area contributed by atoms with E-state index in [1.165, 1.54) is 0 Å². The zero-order chi connectivity index (χ0) is 12.3. The molecule has 0 aromatic rings. The molecule has 0 aromatic carbocycles. The third-order valence-electron chi connectivity index (χ3n) is 2.82. The molecule has 0 aromatic heterocycles. The summed E-state index contributed by atoms with van der Waals surface area (Å²) in [6.07, 6.45) is 2.84. The van der Waals surface area contributed by atoms with E-state index in [-0.39, 0.29) is 23.7 Å². The molecule has 1 aliphatic rings. The average Bonchev–Trinajstić information content (AvgIpc) is 2.48. The molecule has 0 saturated heterocycles. The topological polar surface area (TPSA) is 69.4 Å². The van der Waals surface area contributed by atoms with Gasteiger partial charge in [-0.1, -0.05) is 0 Å². The summed E-state index contributed by atoms with van der Waals surface area (Å²) in [5.41, 5.74) is 4.81. The fraction of sp³-hybridized carbons (Fsp3) is 0.833. The van der Waals surface area contributed by atoms with Crippen molar-refractivity contribution in [3.05, 3.63) is 0 Å². The van der Waals surface area contributed by atoms with E-state index in [1.54, 1.807) is 0 Å². The predicted octanol–water partition coefficient (Wildman–Crippen LogP) is 1.62. The van der Waals surface area contributed by atoms with Gasteiger partial charge in [-0.3, -0.25) is 9.59 Å². The normalized spacial score (nSPS) is 25.4. The first-order chi connectivity index (χ1) is 7.28. The summed E-state index contributed by atoms with van der Waals surface area (Å²) in [6, 6.07) is 0. The second-order valence-electron chi connectivity index (χ2n) is 5.57. The second kappa shape index (κ2) is 4.85. The third-order valence-corrected chi connectivity index (χ3v) is 2.82. The van der Waals surface area contributed by atoms with Crippen LogP contribution in [0.2, 0.25) is 0 Å². The Labute approximate surface area is 96.5 Å². The van der Waals surface area contributed by atoms with E-state index in [1.807, 2.05) is 20.8 Å². The second-order valence-corrected chi connectivity index (χ2v) is 5.57. The van der Waals surface area contributed by atoms with Crippen molar-refractivity contribution in [2.45, 2.75) is 52.1 Å². The largest absolute Gasteiger partial charge is 0.460 e. The summed E-state index contributed by atoms with van der Waals surface area (Å²) in [6.45, 7) is 5.56. The molecule has 4 heteroatoms. The molecule has 4 nitrogen and oxygen atoms in total. The Morgan fingerprint density at radius 2 is 1.94 bits per heavy atom. The molecule has 1 saturated carbocycles. The Hall–Kier alpha value is -1.06. The number of rotatable bonds is 3. The number of primary amides is 1. The van der Waals surface area contributed by atoms with Crippen molar-refractivity contribution in [2.75, 3.05) is 0 Å². The van der Waals surface area contributed by atoms with Crippen molar-refractivity contribution in [1.82, 2.24) is 0 Å². The molecule has 16 heavy (non-hydrogen) atoms. The highest BCUT2D eigenvalue weighted by molar-refractivity contribution is 5.77. The number of ether oxygens (including phenoxy) is 1. The maximum absolute atomic E-state index is 11.6. The Kier molecular flexibility index (Phi) is 3.94. The van der Waals surface area contributed by atoms with E-state index >= 15 is 0 Å². The number of amides is 1. The van der Waals surface area contributed by atoms with Crippen LogP contribution in [0.4, 0.5) is 0 Å². The van der Waals surface area contributed by atoms with Crippen LogP contribution < -0.4 is 5.73 Å². The van der Waals surface area contributed by atoms with Gasteiger partial charge < -0.3 is 10.5 Å². The minimum Gasteiger partial charge on any atom is -0.460 e. The Balaban J connectivity index is 2.34. The molecule has 0 aliphatic heterocycles. The van der Waals surface area contributed by atoms with E-state index in [4.69, 9.17) is 10.5 Å². The smallest absolute Gasteiger partial charge is 0.306 e. The SMILES string of the molecule is CC(C)(C)OC(=O)C[C@@H]1CC[C@@H](C(N)=O)C1. The quantitative estimate of drug-likeness (QED) is 0.745. The first-order valence-corrected chi connectivity index (χ1v) is 5.79. The highest BCUT2D eigenvalue weighted by Crippen LogP contribution is 2.33. The molecule has 92 valence electrons. The van der Waals surface area contributed by atoms with Gasteiger partial charge in [0.2, 0.25) is 5.91 Å². The summed E-state index contributed by atoms with van der Waals surface area (Å²) in [4.78, 5) is 22.5. The number of nitrogens with two attached hydrogens (primary N) is 1. The van der Waals surface area contributed by atoms with Crippen molar-refractivity contribution in [3.63, 3.8) is 0 Å². The lowest BCUT2D eigenvalue weighted by atomic mass is 10.0. The highest BCUT2D eigenvalue weighted by Gasteiger charge is 2.30. The number of esters is 1. The van der Waals surface area contributed by atoms with Crippen molar-refractivity contribution in [3.8, 4) is 0 Å². The van der Waals surface area contributed by atoms with Gasteiger partial charge in [-0.15, -0.1) is 0 Å². The van der Waals surface area contributed by atoms with Crippen molar-refractivity contribution >= 4 is 11.9 Å². The van der Waals surface area contributed by atoms with Crippen LogP contribution in [0.1, 0.15) is 46.5 Å². The molecule has 0 heterocycles. The number of hydrogen-bond acceptors (Lipinski definition) is 3. The first kappa shape index (κ1) is 13.0. The van der Waals surface area contributed by atoms with Gasteiger partial charge in [0.25, 0.3) is 0 Å². The van der Waals surface area contributed by atoms with E-state index in [2.05, 4.69) is 0 Å². The molecule has 1 amide bonds. The number of hydrogen-bond donors (Lipinski definition) is 1. The van der Waals surface area contributed by atoms with Crippen LogP contribution in [-0.2, 0) is 14.3 Å². The van der Waals surface area contributed by atoms with Gasteiger partial charge in [0.05, 0.1) is 0 Å². The standard InChI is InChI=1S/C12H21NO3/c1-12(2,3)16-10(14)7-8-4-5-9(6-8)11(13)15/h8-9H,4-7H2,1-3H3,(H2,13,15)/t8-,9-/m1/s1. The van der Waals surface area contributed by atoms with Crippen LogP contribution in [-0.4, -0.2) is 17.5 Å². The lowest BCUT2D eigenvalue weighted by Gasteiger charge is -2.20. The minimum atomic E-state index is -0.432. The van der Waals surface area contributed by atoms with E-state index in [0.29, 0.717) is 6.42 Å². The van der Waals surface area contributed by atoms with Gasteiger partial charge in [0.15, 0.2) is 0 Å². The van der Waals surface area contributed by atoms with Crippen LogP contribution in [0.5, 0.6) is 0 Å². The number of carbonyl (C=O) groups excluding carboxylic acids is 2. The zero-order valence-electron chi connectivity index (χ0n) is 10.3. The third kappa shape index (κ3) is 4.21. The number of carbonyl (C=O) groups is 2. The molecule has 2 atom stereocenters. The van der Waals surface area contributed by atoms with Crippen LogP contribution in [0.3, 0.4) is 0 Å². The zero-order valence-corrected chi connectivity index (χ0v) is 10.3. The molecule has 1 fully saturated rings. The van der Waals surface area contributed by atoms with Crippen LogP contribution in [0.25, 0.3) is 0 Å². The Bertz CT molecular complexity index is 280. The summed E-state index contributed by atoms with van der Waals surface area (Å²) in [7, 11) is 0. The van der Waals surface area contributed by atoms with Crippen LogP contribution in [0, 0.1) is 11.8 Å².